The van der Waals surface area contributed by atoms with Crippen LogP contribution in [0.4, 0.5) is 23.7 Å². The lowest BCUT2D eigenvalue weighted by molar-refractivity contribution is 0.0971. The zero-order valence-corrected chi connectivity index (χ0v) is 10.6. The molecule has 1 aromatic heterocycles. The van der Waals surface area contributed by atoms with E-state index in [1.807, 2.05) is 10.6 Å². The van der Waals surface area contributed by atoms with Crippen molar-refractivity contribution in [2.75, 3.05) is 5.32 Å². The Bertz CT molecular complexity index is 659. The average Bonchev–Trinajstić information content (AvgIpc) is 2.93. The molecular formula is C12H7F3N2O2S. The van der Waals surface area contributed by atoms with Crippen LogP contribution in [-0.4, -0.2) is 11.9 Å². The molecule has 0 unspecified atom stereocenters. The van der Waals surface area contributed by atoms with Gasteiger partial charge in [-0.2, -0.15) is 0 Å². The van der Waals surface area contributed by atoms with Crippen LogP contribution < -0.4 is 10.6 Å². The SMILES string of the molecule is O=C(NC(=O)c1cccs1)Nc1ccc(F)c(F)c1F. The average molecular weight is 300 g/mol. The standard InChI is InChI=1S/C12H7F3N2O2S/c13-6-3-4-7(10(15)9(6)14)16-12(19)17-11(18)8-2-1-5-20-8/h1-5H,(H2,16,17,18,19). The molecular weight excluding hydrogens is 293 g/mol. The van der Waals surface area contributed by atoms with Crippen LogP contribution in [0.2, 0.25) is 0 Å². The number of thiophene rings is 1. The van der Waals surface area contributed by atoms with Gasteiger partial charge in [0.15, 0.2) is 17.5 Å². The number of carbonyl (C=O) groups is 2. The van der Waals surface area contributed by atoms with Gasteiger partial charge in [0.25, 0.3) is 5.91 Å². The van der Waals surface area contributed by atoms with E-state index in [0.717, 1.165) is 17.4 Å². The summed E-state index contributed by atoms with van der Waals surface area (Å²) in [6.45, 7) is 0. The van der Waals surface area contributed by atoms with Crippen LogP contribution in [0.25, 0.3) is 0 Å². The van der Waals surface area contributed by atoms with E-state index < -0.39 is 35.1 Å². The van der Waals surface area contributed by atoms with E-state index in [0.29, 0.717) is 6.07 Å². The van der Waals surface area contributed by atoms with Gasteiger partial charge >= 0.3 is 6.03 Å². The highest BCUT2D eigenvalue weighted by Crippen LogP contribution is 2.19. The number of amides is 3. The highest BCUT2D eigenvalue weighted by Gasteiger charge is 2.16. The molecule has 4 nitrogen and oxygen atoms in total. The predicted molar refractivity (Wildman–Crippen MR) is 67.1 cm³/mol. The summed E-state index contributed by atoms with van der Waals surface area (Å²) >= 11 is 1.11. The Morgan fingerprint density at radius 3 is 2.45 bits per heavy atom. The fraction of sp³-hybridized carbons (Fsp3) is 0. The van der Waals surface area contributed by atoms with Gasteiger partial charge in [-0.1, -0.05) is 6.07 Å². The smallest absolute Gasteiger partial charge is 0.305 e. The van der Waals surface area contributed by atoms with Crippen LogP contribution >= 0.6 is 11.3 Å². The van der Waals surface area contributed by atoms with Crippen molar-refractivity contribution in [2.45, 2.75) is 0 Å². The van der Waals surface area contributed by atoms with Crippen LogP contribution in [0, 0.1) is 17.5 Å². The number of carbonyl (C=O) groups excluding carboxylic acids is 2. The van der Waals surface area contributed by atoms with Gasteiger partial charge in [-0.3, -0.25) is 10.1 Å². The highest BCUT2D eigenvalue weighted by atomic mass is 32.1. The fourth-order valence-corrected chi connectivity index (χ4v) is 1.97. The largest absolute Gasteiger partial charge is 0.326 e. The van der Waals surface area contributed by atoms with E-state index in [1.165, 1.54) is 6.07 Å². The lowest BCUT2D eigenvalue weighted by atomic mass is 10.3. The van der Waals surface area contributed by atoms with E-state index >= 15 is 0 Å². The summed E-state index contributed by atoms with van der Waals surface area (Å²) in [5.41, 5.74) is -0.569. The topological polar surface area (TPSA) is 58.2 Å². The van der Waals surface area contributed by atoms with Gasteiger partial charge in [0.05, 0.1) is 10.6 Å². The number of halogens is 3. The summed E-state index contributed by atoms with van der Waals surface area (Å²) in [5, 5.41) is 5.49. The zero-order chi connectivity index (χ0) is 14.7. The second-order valence-electron chi connectivity index (χ2n) is 3.61. The molecule has 1 heterocycles. The summed E-state index contributed by atoms with van der Waals surface area (Å²) < 4.78 is 38.9. The molecule has 0 saturated heterocycles. The van der Waals surface area contributed by atoms with Gasteiger partial charge in [0, 0.05) is 0 Å². The number of nitrogens with one attached hydrogen (secondary N) is 2. The first-order chi connectivity index (χ1) is 9.49. The maximum absolute atomic E-state index is 13.3. The summed E-state index contributed by atoms with van der Waals surface area (Å²) in [4.78, 5) is 23.3. The predicted octanol–water partition coefficient (Wildman–Crippen LogP) is 3.13. The molecule has 0 saturated carbocycles. The molecule has 20 heavy (non-hydrogen) atoms. The maximum atomic E-state index is 13.3. The molecule has 0 aliphatic rings. The van der Waals surface area contributed by atoms with Gasteiger partial charge in [0.2, 0.25) is 0 Å². The van der Waals surface area contributed by atoms with E-state index in [-0.39, 0.29) is 4.88 Å². The summed E-state index contributed by atoms with van der Waals surface area (Å²) in [6, 6.07) is 3.57. The van der Waals surface area contributed by atoms with Crippen molar-refractivity contribution in [3.8, 4) is 0 Å². The van der Waals surface area contributed by atoms with E-state index in [2.05, 4.69) is 0 Å². The molecule has 0 bridgehead atoms. The number of benzene rings is 1. The molecule has 0 atom stereocenters. The fourth-order valence-electron chi connectivity index (χ4n) is 1.35. The van der Waals surface area contributed by atoms with Crippen LogP contribution in [-0.2, 0) is 0 Å². The molecule has 3 amide bonds. The molecule has 2 N–H and O–H groups in total. The van der Waals surface area contributed by atoms with Crippen molar-refractivity contribution >= 4 is 29.0 Å². The quantitative estimate of drug-likeness (QED) is 0.837. The number of imide groups is 1. The van der Waals surface area contributed by atoms with Crippen molar-refractivity contribution < 1.29 is 22.8 Å². The van der Waals surface area contributed by atoms with E-state index in [1.54, 1.807) is 11.4 Å². The minimum Gasteiger partial charge on any atom is -0.305 e. The lowest BCUT2D eigenvalue weighted by Crippen LogP contribution is -2.34. The first-order valence-corrected chi connectivity index (χ1v) is 6.16. The summed E-state index contributed by atoms with van der Waals surface area (Å²) in [5.74, 6) is -5.29. The molecule has 104 valence electrons. The number of anilines is 1. The minimum absolute atomic E-state index is 0.283. The second-order valence-corrected chi connectivity index (χ2v) is 4.56. The number of hydrogen-bond acceptors (Lipinski definition) is 3. The molecule has 0 spiro atoms. The van der Waals surface area contributed by atoms with Crippen LogP contribution in [0.1, 0.15) is 9.67 Å². The van der Waals surface area contributed by atoms with E-state index in [9.17, 15) is 22.8 Å². The first kappa shape index (κ1) is 14.1. The molecule has 2 aromatic rings. The van der Waals surface area contributed by atoms with Gasteiger partial charge in [-0.15, -0.1) is 11.3 Å². The van der Waals surface area contributed by atoms with Gasteiger partial charge in [0.1, 0.15) is 0 Å². The van der Waals surface area contributed by atoms with Gasteiger partial charge < -0.3 is 5.32 Å². The first-order valence-electron chi connectivity index (χ1n) is 5.28. The maximum Gasteiger partial charge on any atom is 0.326 e. The Hall–Kier alpha value is -2.35. The van der Waals surface area contributed by atoms with Crippen molar-refractivity contribution in [3.63, 3.8) is 0 Å². The van der Waals surface area contributed by atoms with Crippen LogP contribution in [0.3, 0.4) is 0 Å². The Morgan fingerprint density at radius 1 is 1.05 bits per heavy atom. The highest BCUT2D eigenvalue weighted by molar-refractivity contribution is 7.12. The van der Waals surface area contributed by atoms with E-state index in [4.69, 9.17) is 0 Å². The van der Waals surface area contributed by atoms with Crippen LogP contribution in [0.5, 0.6) is 0 Å². The van der Waals surface area contributed by atoms with Crippen molar-refractivity contribution in [1.29, 1.82) is 0 Å². The molecule has 2 rings (SSSR count). The Kier molecular flexibility index (Phi) is 4.04. The minimum atomic E-state index is -1.70. The molecule has 0 radical (unpaired) electrons. The van der Waals surface area contributed by atoms with Crippen molar-refractivity contribution in [3.05, 3.63) is 52.0 Å². The molecule has 8 heteroatoms. The normalized spacial score (nSPS) is 10.2. The molecule has 0 fully saturated rings. The monoisotopic (exact) mass is 300 g/mol. The van der Waals surface area contributed by atoms with Crippen molar-refractivity contribution in [1.82, 2.24) is 5.32 Å². The third-order valence-corrected chi connectivity index (χ3v) is 3.12. The molecule has 0 aliphatic carbocycles. The van der Waals surface area contributed by atoms with Crippen molar-refractivity contribution in [2.24, 2.45) is 0 Å². The van der Waals surface area contributed by atoms with Gasteiger partial charge in [-0.25, -0.2) is 18.0 Å². The Morgan fingerprint density at radius 2 is 1.80 bits per heavy atom. The summed E-state index contributed by atoms with van der Waals surface area (Å²) in [6.07, 6.45) is 0. The number of hydrogen-bond donors (Lipinski definition) is 2. The molecule has 0 aliphatic heterocycles. The second kappa shape index (κ2) is 5.74. The number of urea groups is 1. The van der Waals surface area contributed by atoms with Crippen LogP contribution in [0.15, 0.2) is 29.6 Å². The van der Waals surface area contributed by atoms with Gasteiger partial charge in [-0.05, 0) is 23.6 Å². The third-order valence-electron chi connectivity index (χ3n) is 2.26. The summed E-state index contributed by atoms with van der Waals surface area (Å²) in [7, 11) is 0. The molecule has 1 aromatic carbocycles. The Labute approximate surface area is 115 Å². The lowest BCUT2D eigenvalue weighted by Gasteiger charge is -2.07. The number of rotatable bonds is 2. The Balaban J connectivity index is 2.05. The third kappa shape index (κ3) is 2.97. The zero-order valence-electron chi connectivity index (χ0n) is 9.75.